The zero-order chi connectivity index (χ0) is 22.0. The van der Waals surface area contributed by atoms with Gasteiger partial charge in [-0.05, 0) is 32.0 Å². The van der Waals surface area contributed by atoms with Gasteiger partial charge in [0.05, 0.1) is 17.2 Å². The zero-order valence-corrected chi connectivity index (χ0v) is 18.6. The normalized spacial score (nSPS) is 11.7. The second-order valence-corrected chi connectivity index (χ2v) is 9.27. The van der Waals surface area contributed by atoms with Crippen LogP contribution in [0, 0.1) is 13.8 Å². The number of benzene rings is 2. The molecular weight excluding hydrogens is 410 g/mol. The van der Waals surface area contributed by atoms with Crippen LogP contribution in [0.1, 0.15) is 11.1 Å². The Hall–Kier alpha value is -3.16. The maximum Gasteiger partial charge on any atom is 0.297 e. The van der Waals surface area contributed by atoms with E-state index in [1.807, 2.05) is 47.8 Å². The minimum atomic E-state index is -3.76. The molecule has 0 atom stereocenters. The van der Waals surface area contributed by atoms with Gasteiger partial charge in [0.15, 0.2) is 0 Å². The van der Waals surface area contributed by atoms with Crippen molar-refractivity contribution in [2.45, 2.75) is 18.7 Å². The Balaban J connectivity index is 1.43. The van der Waals surface area contributed by atoms with E-state index < -0.39 is 10.1 Å². The Bertz CT molecular complexity index is 1290. The smallest absolute Gasteiger partial charge is 0.297 e. The van der Waals surface area contributed by atoms with E-state index in [9.17, 15) is 8.42 Å². The first-order valence-corrected chi connectivity index (χ1v) is 11.5. The van der Waals surface area contributed by atoms with Gasteiger partial charge in [0.1, 0.15) is 5.65 Å². The van der Waals surface area contributed by atoms with Gasteiger partial charge in [-0.15, -0.1) is 0 Å². The maximum absolute atomic E-state index is 12.3. The van der Waals surface area contributed by atoms with Crippen molar-refractivity contribution in [2.75, 3.05) is 25.1 Å². The van der Waals surface area contributed by atoms with Gasteiger partial charge in [0, 0.05) is 43.3 Å². The molecule has 4 aromatic rings. The highest BCUT2D eigenvalue weighted by molar-refractivity contribution is 7.86. The molecule has 0 N–H and O–H groups in total. The SMILES string of the molecule is Cc1ccc(-c2cn3ccc(N(C)CCOS(=O)(=O)c4ccc(C)cc4)cc3n2)cc1. The van der Waals surface area contributed by atoms with Crippen LogP contribution >= 0.6 is 0 Å². The Labute approximate surface area is 182 Å². The molecule has 2 aromatic carbocycles. The Kier molecular flexibility index (Phi) is 5.80. The fraction of sp³-hybridized carbons (Fsp3) is 0.208. The van der Waals surface area contributed by atoms with Gasteiger partial charge in [-0.1, -0.05) is 47.5 Å². The van der Waals surface area contributed by atoms with Gasteiger partial charge in [0.2, 0.25) is 0 Å². The Morgan fingerprint density at radius 2 is 1.61 bits per heavy atom. The Morgan fingerprint density at radius 3 is 2.29 bits per heavy atom. The molecule has 160 valence electrons. The van der Waals surface area contributed by atoms with E-state index in [0.29, 0.717) is 6.54 Å². The van der Waals surface area contributed by atoms with E-state index >= 15 is 0 Å². The number of likely N-dealkylation sites (N-methyl/N-ethyl adjacent to an activating group) is 1. The average Bonchev–Trinajstić information content (AvgIpc) is 3.17. The minimum Gasteiger partial charge on any atom is -0.372 e. The molecule has 0 bridgehead atoms. The summed E-state index contributed by atoms with van der Waals surface area (Å²) in [6, 6.07) is 18.9. The fourth-order valence-electron chi connectivity index (χ4n) is 3.26. The molecule has 31 heavy (non-hydrogen) atoms. The van der Waals surface area contributed by atoms with E-state index in [-0.39, 0.29) is 11.5 Å². The fourth-order valence-corrected chi connectivity index (χ4v) is 4.16. The van der Waals surface area contributed by atoms with Crippen LogP contribution in [-0.2, 0) is 14.3 Å². The number of nitrogens with zero attached hydrogens (tertiary/aromatic N) is 3. The van der Waals surface area contributed by atoms with E-state index in [4.69, 9.17) is 9.17 Å². The summed E-state index contributed by atoms with van der Waals surface area (Å²) >= 11 is 0. The van der Waals surface area contributed by atoms with Crippen molar-refractivity contribution >= 4 is 21.5 Å². The maximum atomic E-state index is 12.3. The monoisotopic (exact) mass is 435 g/mol. The molecular formula is C24H25N3O3S. The number of rotatable bonds is 7. The summed E-state index contributed by atoms with van der Waals surface area (Å²) in [6.45, 7) is 4.45. The van der Waals surface area contributed by atoms with E-state index in [1.165, 1.54) is 5.56 Å². The highest BCUT2D eigenvalue weighted by Crippen LogP contribution is 2.22. The van der Waals surface area contributed by atoms with Crippen molar-refractivity contribution in [1.82, 2.24) is 9.38 Å². The number of imidazole rings is 1. The van der Waals surface area contributed by atoms with Crippen molar-refractivity contribution in [1.29, 1.82) is 0 Å². The lowest BCUT2D eigenvalue weighted by Gasteiger charge is -2.19. The lowest BCUT2D eigenvalue weighted by Crippen LogP contribution is -2.24. The molecule has 0 aliphatic heterocycles. The van der Waals surface area contributed by atoms with Gasteiger partial charge in [0.25, 0.3) is 10.1 Å². The van der Waals surface area contributed by atoms with Crippen LogP contribution in [0.25, 0.3) is 16.9 Å². The molecule has 0 saturated heterocycles. The lowest BCUT2D eigenvalue weighted by molar-refractivity contribution is 0.325. The van der Waals surface area contributed by atoms with Crippen LogP contribution in [0.15, 0.2) is 78.0 Å². The molecule has 0 aliphatic carbocycles. The van der Waals surface area contributed by atoms with E-state index in [2.05, 4.69) is 31.2 Å². The van der Waals surface area contributed by atoms with Crippen molar-refractivity contribution in [3.8, 4) is 11.3 Å². The van der Waals surface area contributed by atoms with E-state index in [0.717, 1.165) is 28.2 Å². The summed E-state index contributed by atoms with van der Waals surface area (Å²) < 4.78 is 31.9. The van der Waals surface area contributed by atoms with Crippen molar-refractivity contribution < 1.29 is 12.6 Å². The predicted molar refractivity (Wildman–Crippen MR) is 123 cm³/mol. The average molecular weight is 436 g/mol. The highest BCUT2D eigenvalue weighted by atomic mass is 32.2. The minimum absolute atomic E-state index is 0.0565. The third kappa shape index (κ3) is 4.78. The lowest BCUT2D eigenvalue weighted by atomic mass is 10.1. The summed E-state index contributed by atoms with van der Waals surface area (Å²) in [5, 5.41) is 0. The summed E-state index contributed by atoms with van der Waals surface area (Å²) in [7, 11) is -1.86. The standard InChI is InChI=1S/C24H25N3O3S/c1-18-4-8-20(9-5-18)23-17-27-13-12-21(16-24(27)25-23)26(3)14-15-30-31(28,29)22-10-6-19(2)7-11-22/h4-13,16-17H,14-15H2,1-3H3. The van der Waals surface area contributed by atoms with Crippen LogP contribution in [0.4, 0.5) is 5.69 Å². The molecule has 2 aromatic heterocycles. The van der Waals surface area contributed by atoms with Crippen LogP contribution in [0.3, 0.4) is 0 Å². The quantitative estimate of drug-likeness (QED) is 0.401. The third-order valence-electron chi connectivity index (χ3n) is 5.21. The topological polar surface area (TPSA) is 63.9 Å². The number of aryl methyl sites for hydroxylation is 2. The number of hydrogen-bond donors (Lipinski definition) is 0. The predicted octanol–water partition coefficient (Wildman–Crippen LogP) is 4.46. The number of aromatic nitrogens is 2. The summed E-state index contributed by atoms with van der Waals surface area (Å²) in [5.41, 5.74) is 5.95. The second kappa shape index (κ2) is 8.53. The number of fused-ring (bicyclic) bond motifs is 1. The van der Waals surface area contributed by atoms with Crippen molar-refractivity contribution in [2.24, 2.45) is 0 Å². The van der Waals surface area contributed by atoms with Crippen LogP contribution in [0.5, 0.6) is 0 Å². The van der Waals surface area contributed by atoms with Gasteiger partial charge >= 0.3 is 0 Å². The zero-order valence-electron chi connectivity index (χ0n) is 17.8. The summed E-state index contributed by atoms with van der Waals surface area (Å²) in [5.74, 6) is 0. The molecule has 0 unspecified atom stereocenters. The number of pyridine rings is 1. The molecule has 0 aliphatic rings. The van der Waals surface area contributed by atoms with Crippen LogP contribution < -0.4 is 4.90 Å². The van der Waals surface area contributed by atoms with Gasteiger partial charge < -0.3 is 9.30 Å². The largest absolute Gasteiger partial charge is 0.372 e. The Morgan fingerprint density at radius 1 is 0.968 bits per heavy atom. The molecule has 0 amide bonds. The first kappa shape index (κ1) is 21.1. The van der Waals surface area contributed by atoms with Gasteiger partial charge in [-0.3, -0.25) is 4.18 Å². The molecule has 0 fully saturated rings. The van der Waals surface area contributed by atoms with Crippen LogP contribution in [-0.4, -0.2) is 38.0 Å². The summed E-state index contributed by atoms with van der Waals surface area (Å²) in [4.78, 5) is 6.85. The molecule has 0 spiro atoms. The van der Waals surface area contributed by atoms with Gasteiger partial charge in [-0.2, -0.15) is 8.42 Å². The second-order valence-electron chi connectivity index (χ2n) is 7.65. The molecule has 0 saturated carbocycles. The molecule has 6 nitrogen and oxygen atoms in total. The van der Waals surface area contributed by atoms with Gasteiger partial charge in [-0.25, -0.2) is 4.98 Å². The molecule has 0 radical (unpaired) electrons. The molecule has 2 heterocycles. The highest BCUT2D eigenvalue weighted by Gasteiger charge is 2.15. The van der Waals surface area contributed by atoms with E-state index in [1.54, 1.807) is 24.3 Å². The van der Waals surface area contributed by atoms with Crippen molar-refractivity contribution in [3.63, 3.8) is 0 Å². The third-order valence-corrected chi connectivity index (χ3v) is 6.53. The molecule has 4 rings (SSSR count). The van der Waals surface area contributed by atoms with Crippen LogP contribution in [0.2, 0.25) is 0 Å². The number of hydrogen-bond acceptors (Lipinski definition) is 5. The number of anilines is 1. The first-order chi connectivity index (χ1) is 14.8. The summed E-state index contributed by atoms with van der Waals surface area (Å²) in [6.07, 6.45) is 3.96. The molecule has 7 heteroatoms. The van der Waals surface area contributed by atoms with Crippen molar-refractivity contribution in [3.05, 3.63) is 84.2 Å². The first-order valence-electron chi connectivity index (χ1n) is 10.0.